The van der Waals surface area contributed by atoms with Crippen LogP contribution >= 0.6 is 12.2 Å². The van der Waals surface area contributed by atoms with Gasteiger partial charge in [-0.25, -0.2) is 0 Å². The van der Waals surface area contributed by atoms with Crippen molar-refractivity contribution in [3.63, 3.8) is 0 Å². The third kappa shape index (κ3) is 4.56. The fourth-order valence-corrected chi connectivity index (χ4v) is 0.603. The number of hydrogen-bond acceptors (Lipinski definition) is 2. The quantitative estimate of drug-likeness (QED) is 0.501. The van der Waals surface area contributed by atoms with Crippen molar-refractivity contribution in [2.24, 2.45) is 0 Å². The van der Waals surface area contributed by atoms with E-state index in [1.165, 1.54) is 0 Å². The second-order valence-electron chi connectivity index (χ2n) is 3.37. The van der Waals surface area contributed by atoms with Gasteiger partial charge in [0.05, 0.1) is 0 Å². The highest BCUT2D eigenvalue weighted by Crippen LogP contribution is 2.08. The lowest BCUT2D eigenvalue weighted by atomic mass is 10.2. The maximum atomic E-state index is 5.36. The predicted octanol–water partition coefficient (Wildman–Crippen LogP) is 1.65. The first-order valence-corrected chi connectivity index (χ1v) is 3.64. The molecule has 0 saturated heterocycles. The van der Waals surface area contributed by atoms with Gasteiger partial charge >= 0.3 is 0 Å². The summed E-state index contributed by atoms with van der Waals surface area (Å²) >= 11 is 4.93. The molecule has 0 spiro atoms. The molecule has 0 aliphatic carbocycles. The normalized spacial score (nSPS) is 10.9. The molecule has 0 atom stereocenters. The molecule has 0 rings (SSSR count). The number of hydrogen-bond donors (Lipinski definition) is 0. The summed E-state index contributed by atoms with van der Waals surface area (Å²) < 4.78 is 5.36. The highest BCUT2D eigenvalue weighted by atomic mass is 32.1. The molecule has 0 amide bonds. The molecule has 0 saturated carbocycles. The number of nitrogens with zero attached hydrogens (tertiary/aromatic N) is 1. The van der Waals surface area contributed by atoms with E-state index >= 15 is 0 Å². The minimum absolute atomic E-state index is 0.179. The second kappa shape index (κ2) is 3.19. The molecule has 0 bridgehead atoms. The first kappa shape index (κ1) is 9.69. The Kier molecular flexibility index (Phi) is 3.09. The van der Waals surface area contributed by atoms with Crippen LogP contribution in [-0.2, 0) is 4.74 Å². The summed E-state index contributed by atoms with van der Waals surface area (Å²) in [6, 6.07) is 0. The number of rotatable bonds is 0. The van der Waals surface area contributed by atoms with Crippen LogP contribution in [0.25, 0.3) is 0 Å². The van der Waals surface area contributed by atoms with Gasteiger partial charge in [0.1, 0.15) is 5.60 Å². The molecule has 2 nitrogen and oxygen atoms in total. The van der Waals surface area contributed by atoms with Gasteiger partial charge in [0.25, 0.3) is 5.17 Å². The van der Waals surface area contributed by atoms with E-state index < -0.39 is 0 Å². The Hall–Kier alpha value is -0.310. The monoisotopic (exact) mass is 161 g/mol. The van der Waals surface area contributed by atoms with E-state index in [-0.39, 0.29) is 5.60 Å². The minimum Gasteiger partial charge on any atom is -0.465 e. The van der Waals surface area contributed by atoms with Gasteiger partial charge in [-0.15, -0.1) is 0 Å². The summed E-state index contributed by atoms with van der Waals surface area (Å²) in [5.74, 6) is 0. The summed E-state index contributed by atoms with van der Waals surface area (Å²) in [6.45, 7) is 5.93. The first-order chi connectivity index (χ1) is 4.33. The van der Waals surface area contributed by atoms with Crippen LogP contribution in [0.2, 0.25) is 0 Å². The van der Waals surface area contributed by atoms with Gasteiger partial charge in [-0.3, -0.25) is 0 Å². The Morgan fingerprint density at radius 1 is 1.30 bits per heavy atom. The van der Waals surface area contributed by atoms with Crippen molar-refractivity contribution in [2.45, 2.75) is 26.4 Å². The fourth-order valence-electron chi connectivity index (χ4n) is 0.353. The molecule has 0 heterocycles. The van der Waals surface area contributed by atoms with Crippen molar-refractivity contribution in [3.05, 3.63) is 0 Å². The molecular formula is C7H15NOS. The van der Waals surface area contributed by atoms with Crippen LogP contribution in [-0.4, -0.2) is 29.8 Å². The molecule has 0 unspecified atom stereocenters. The molecule has 0 radical (unpaired) electrons. The van der Waals surface area contributed by atoms with Gasteiger partial charge in [-0.2, -0.15) is 0 Å². The van der Waals surface area contributed by atoms with Crippen molar-refractivity contribution in [1.29, 1.82) is 0 Å². The third-order valence-corrected chi connectivity index (χ3v) is 1.21. The zero-order valence-electron chi connectivity index (χ0n) is 7.26. The topological polar surface area (TPSA) is 12.5 Å². The van der Waals surface area contributed by atoms with E-state index in [0.29, 0.717) is 5.17 Å². The maximum absolute atomic E-state index is 5.36. The second-order valence-corrected chi connectivity index (χ2v) is 3.72. The van der Waals surface area contributed by atoms with Crippen LogP contribution < -0.4 is 0 Å². The number of thiocarbonyl (C=S) groups is 1. The van der Waals surface area contributed by atoms with Crippen LogP contribution in [0, 0.1) is 0 Å². The maximum Gasteiger partial charge on any atom is 0.259 e. The first-order valence-electron chi connectivity index (χ1n) is 3.23. The van der Waals surface area contributed by atoms with Crippen molar-refractivity contribution in [1.82, 2.24) is 4.90 Å². The molecule has 0 aromatic heterocycles. The van der Waals surface area contributed by atoms with Crippen molar-refractivity contribution < 1.29 is 4.74 Å². The molecule has 10 heavy (non-hydrogen) atoms. The Balaban J connectivity index is 3.81. The van der Waals surface area contributed by atoms with E-state index in [1.807, 2.05) is 34.9 Å². The van der Waals surface area contributed by atoms with Crippen molar-refractivity contribution in [2.75, 3.05) is 14.1 Å². The summed E-state index contributed by atoms with van der Waals surface area (Å²) in [6.07, 6.45) is 0. The van der Waals surface area contributed by atoms with E-state index in [0.717, 1.165) is 0 Å². The van der Waals surface area contributed by atoms with Crippen LogP contribution in [0.4, 0.5) is 0 Å². The summed E-state index contributed by atoms with van der Waals surface area (Å²) in [5.41, 5.74) is -0.179. The molecule has 3 heteroatoms. The fraction of sp³-hybridized carbons (Fsp3) is 0.857. The number of ether oxygens (including phenoxy) is 1. The lowest BCUT2D eigenvalue weighted by Gasteiger charge is -2.24. The lowest BCUT2D eigenvalue weighted by molar-refractivity contribution is 0.101. The lowest BCUT2D eigenvalue weighted by Crippen LogP contribution is -2.31. The Morgan fingerprint density at radius 2 is 1.70 bits per heavy atom. The molecule has 0 aliphatic heterocycles. The highest BCUT2D eigenvalue weighted by molar-refractivity contribution is 7.80. The minimum atomic E-state index is -0.179. The predicted molar refractivity (Wildman–Crippen MR) is 47.1 cm³/mol. The average molecular weight is 161 g/mol. The Morgan fingerprint density at radius 3 is 1.80 bits per heavy atom. The van der Waals surface area contributed by atoms with Gasteiger partial charge in [-0.05, 0) is 33.0 Å². The molecule has 0 aromatic rings. The van der Waals surface area contributed by atoms with Crippen molar-refractivity contribution in [3.8, 4) is 0 Å². The van der Waals surface area contributed by atoms with E-state index in [1.54, 1.807) is 4.90 Å². The van der Waals surface area contributed by atoms with Crippen molar-refractivity contribution >= 4 is 17.4 Å². The molecule has 60 valence electrons. The molecule has 0 N–H and O–H groups in total. The van der Waals surface area contributed by atoms with Gasteiger partial charge in [-0.1, -0.05) is 0 Å². The van der Waals surface area contributed by atoms with Crippen LogP contribution in [0.15, 0.2) is 0 Å². The third-order valence-electron chi connectivity index (χ3n) is 0.759. The van der Waals surface area contributed by atoms with Gasteiger partial charge in [0.15, 0.2) is 0 Å². The SMILES string of the molecule is CN(C)C(=S)OC(C)(C)C. The Bertz CT molecular complexity index is 126. The van der Waals surface area contributed by atoms with Crippen LogP contribution in [0.1, 0.15) is 20.8 Å². The summed E-state index contributed by atoms with van der Waals surface area (Å²) in [5, 5.41) is 0.535. The Labute approximate surface area is 68.2 Å². The average Bonchev–Trinajstić information content (AvgIpc) is 1.60. The highest BCUT2D eigenvalue weighted by Gasteiger charge is 2.13. The van der Waals surface area contributed by atoms with E-state index in [4.69, 9.17) is 17.0 Å². The zero-order valence-corrected chi connectivity index (χ0v) is 8.08. The van der Waals surface area contributed by atoms with Gasteiger partial charge < -0.3 is 9.64 Å². The summed E-state index contributed by atoms with van der Waals surface area (Å²) in [4.78, 5) is 1.78. The molecule has 0 fully saturated rings. The largest absolute Gasteiger partial charge is 0.465 e. The zero-order chi connectivity index (χ0) is 8.36. The smallest absolute Gasteiger partial charge is 0.259 e. The van der Waals surface area contributed by atoms with Crippen LogP contribution in [0.3, 0.4) is 0 Å². The van der Waals surface area contributed by atoms with E-state index in [9.17, 15) is 0 Å². The van der Waals surface area contributed by atoms with E-state index in [2.05, 4.69) is 0 Å². The standard InChI is InChI=1S/C7H15NOS/c1-7(2,3)9-6(10)8(4)5/h1-5H3. The van der Waals surface area contributed by atoms with Gasteiger partial charge in [0.2, 0.25) is 0 Å². The van der Waals surface area contributed by atoms with Crippen LogP contribution in [0.5, 0.6) is 0 Å². The molecule has 0 aromatic carbocycles. The molecular weight excluding hydrogens is 146 g/mol. The summed E-state index contributed by atoms with van der Waals surface area (Å²) in [7, 11) is 3.74. The van der Waals surface area contributed by atoms with Gasteiger partial charge in [0, 0.05) is 14.1 Å². The molecule has 0 aliphatic rings.